The first-order valence-corrected chi connectivity index (χ1v) is 6.03. The molecule has 0 saturated heterocycles. The quantitative estimate of drug-likeness (QED) is 0.847. The van der Waals surface area contributed by atoms with Crippen LogP contribution in [0, 0.1) is 6.92 Å². The van der Waals surface area contributed by atoms with Gasteiger partial charge in [-0.15, -0.1) is 0 Å². The molecule has 0 heterocycles. The van der Waals surface area contributed by atoms with Gasteiger partial charge in [0.1, 0.15) is 0 Å². The molecule has 86 valence electrons. The van der Waals surface area contributed by atoms with Crippen LogP contribution in [-0.4, -0.2) is 11.9 Å². The molecule has 0 bridgehead atoms. The number of nitrogens with one attached hydrogen (secondary N) is 1. The maximum atomic E-state index is 11.4. The van der Waals surface area contributed by atoms with Crippen LogP contribution in [0.1, 0.15) is 25.0 Å². The molecule has 2 nitrogen and oxygen atoms in total. The molecular weight excluding hydrogens is 266 g/mol. The highest BCUT2D eigenvalue weighted by atomic mass is 79.9. The molecule has 0 atom stereocenters. The third kappa shape index (κ3) is 4.19. The minimum atomic E-state index is -0.0672. The average Bonchev–Trinajstić information content (AvgIpc) is 2.15. The summed E-state index contributed by atoms with van der Waals surface area (Å²) in [5, 5.41) is 2.80. The van der Waals surface area contributed by atoms with Crippen molar-refractivity contribution in [2.75, 3.05) is 0 Å². The number of hydrogen-bond acceptors (Lipinski definition) is 1. The van der Waals surface area contributed by atoms with Crippen LogP contribution in [0.5, 0.6) is 0 Å². The standard InChI is InChI=1S/C13H16BrNO/c1-9(2)15-13(16)7-6-11-5-4-10(3)8-12(11)14/h4-9H,1-3H3,(H,15,16)/b7-6-. The zero-order chi connectivity index (χ0) is 12.1. The Bertz CT molecular complexity index is 410. The molecule has 0 aromatic heterocycles. The van der Waals surface area contributed by atoms with Crippen molar-refractivity contribution in [2.45, 2.75) is 26.8 Å². The van der Waals surface area contributed by atoms with Crippen LogP contribution in [0.2, 0.25) is 0 Å². The van der Waals surface area contributed by atoms with E-state index in [0.717, 1.165) is 10.0 Å². The van der Waals surface area contributed by atoms with E-state index in [2.05, 4.69) is 21.2 Å². The monoisotopic (exact) mass is 281 g/mol. The van der Waals surface area contributed by atoms with E-state index in [-0.39, 0.29) is 11.9 Å². The first kappa shape index (κ1) is 13.0. The molecule has 0 spiro atoms. The Hall–Kier alpha value is -1.09. The molecule has 0 aliphatic carbocycles. The second-order valence-corrected chi connectivity index (χ2v) is 4.88. The normalized spacial score (nSPS) is 11.1. The van der Waals surface area contributed by atoms with Gasteiger partial charge in [-0.3, -0.25) is 4.79 Å². The van der Waals surface area contributed by atoms with E-state index in [4.69, 9.17) is 0 Å². The number of halogens is 1. The Balaban J connectivity index is 2.73. The Morgan fingerprint density at radius 3 is 2.69 bits per heavy atom. The van der Waals surface area contributed by atoms with Crippen molar-refractivity contribution >= 4 is 27.9 Å². The van der Waals surface area contributed by atoms with E-state index in [1.54, 1.807) is 12.2 Å². The van der Waals surface area contributed by atoms with E-state index in [1.165, 1.54) is 5.56 Å². The van der Waals surface area contributed by atoms with Gasteiger partial charge in [0, 0.05) is 16.6 Å². The summed E-state index contributed by atoms with van der Waals surface area (Å²) in [6.45, 7) is 5.91. The fourth-order valence-electron chi connectivity index (χ4n) is 1.27. The van der Waals surface area contributed by atoms with Gasteiger partial charge < -0.3 is 5.32 Å². The topological polar surface area (TPSA) is 29.1 Å². The van der Waals surface area contributed by atoms with E-state index in [9.17, 15) is 4.79 Å². The van der Waals surface area contributed by atoms with Gasteiger partial charge in [-0.1, -0.05) is 28.1 Å². The summed E-state index contributed by atoms with van der Waals surface area (Å²) in [7, 11) is 0. The molecule has 0 unspecified atom stereocenters. The predicted molar refractivity (Wildman–Crippen MR) is 71.2 cm³/mol. The second-order valence-electron chi connectivity index (χ2n) is 4.02. The lowest BCUT2D eigenvalue weighted by atomic mass is 10.1. The van der Waals surface area contributed by atoms with Crippen LogP contribution < -0.4 is 5.32 Å². The highest BCUT2D eigenvalue weighted by molar-refractivity contribution is 9.10. The van der Waals surface area contributed by atoms with Crippen molar-refractivity contribution < 1.29 is 4.79 Å². The van der Waals surface area contributed by atoms with E-state index >= 15 is 0 Å². The molecule has 0 radical (unpaired) electrons. The number of amides is 1. The Morgan fingerprint density at radius 2 is 2.12 bits per heavy atom. The van der Waals surface area contributed by atoms with E-state index < -0.39 is 0 Å². The lowest BCUT2D eigenvalue weighted by Crippen LogP contribution is -2.28. The van der Waals surface area contributed by atoms with Gasteiger partial charge in [0.2, 0.25) is 5.91 Å². The van der Waals surface area contributed by atoms with Gasteiger partial charge in [0.05, 0.1) is 0 Å². The molecule has 0 aliphatic rings. The summed E-state index contributed by atoms with van der Waals surface area (Å²) in [5.41, 5.74) is 2.19. The molecule has 1 amide bonds. The minimum Gasteiger partial charge on any atom is -0.350 e. The molecule has 1 aromatic rings. The Morgan fingerprint density at radius 1 is 1.44 bits per heavy atom. The predicted octanol–water partition coefficient (Wildman–Crippen LogP) is 3.30. The van der Waals surface area contributed by atoms with Crippen molar-refractivity contribution in [1.29, 1.82) is 0 Å². The SMILES string of the molecule is Cc1ccc(/C=C\C(=O)NC(C)C)c(Br)c1. The largest absolute Gasteiger partial charge is 0.350 e. The maximum absolute atomic E-state index is 11.4. The van der Waals surface area contributed by atoms with Crippen molar-refractivity contribution in [3.8, 4) is 0 Å². The fraction of sp³-hybridized carbons (Fsp3) is 0.308. The van der Waals surface area contributed by atoms with Crippen molar-refractivity contribution in [1.82, 2.24) is 5.32 Å². The lowest BCUT2D eigenvalue weighted by Gasteiger charge is -2.04. The third-order valence-corrected chi connectivity index (χ3v) is 2.69. The van der Waals surface area contributed by atoms with Gasteiger partial charge >= 0.3 is 0 Å². The smallest absolute Gasteiger partial charge is 0.244 e. The third-order valence-electron chi connectivity index (χ3n) is 2.00. The van der Waals surface area contributed by atoms with E-state index in [0.29, 0.717) is 0 Å². The maximum Gasteiger partial charge on any atom is 0.244 e. The molecule has 3 heteroatoms. The van der Waals surface area contributed by atoms with Crippen LogP contribution in [-0.2, 0) is 4.79 Å². The number of benzene rings is 1. The van der Waals surface area contributed by atoms with Gasteiger partial charge in [0.25, 0.3) is 0 Å². The van der Waals surface area contributed by atoms with Crippen LogP contribution >= 0.6 is 15.9 Å². The summed E-state index contributed by atoms with van der Waals surface area (Å²) in [5.74, 6) is -0.0672. The molecule has 1 rings (SSSR count). The van der Waals surface area contributed by atoms with Crippen molar-refractivity contribution in [3.63, 3.8) is 0 Å². The summed E-state index contributed by atoms with van der Waals surface area (Å²) in [6, 6.07) is 6.20. The van der Waals surface area contributed by atoms with Crippen molar-refractivity contribution in [3.05, 3.63) is 39.9 Å². The van der Waals surface area contributed by atoms with Crippen LogP contribution in [0.25, 0.3) is 6.08 Å². The first-order valence-electron chi connectivity index (χ1n) is 5.24. The Kier molecular flexibility index (Phi) is 4.74. The van der Waals surface area contributed by atoms with Crippen LogP contribution in [0.15, 0.2) is 28.7 Å². The van der Waals surface area contributed by atoms with Gasteiger partial charge in [-0.25, -0.2) is 0 Å². The Labute approximate surface area is 105 Å². The number of carbonyl (C=O) groups is 1. The molecule has 16 heavy (non-hydrogen) atoms. The van der Waals surface area contributed by atoms with Crippen LogP contribution in [0.4, 0.5) is 0 Å². The number of hydrogen-bond donors (Lipinski definition) is 1. The van der Waals surface area contributed by atoms with Gasteiger partial charge in [0.15, 0.2) is 0 Å². The fourth-order valence-corrected chi connectivity index (χ4v) is 1.89. The summed E-state index contributed by atoms with van der Waals surface area (Å²) < 4.78 is 1.00. The number of rotatable bonds is 3. The molecule has 0 aliphatic heterocycles. The second kappa shape index (κ2) is 5.85. The highest BCUT2D eigenvalue weighted by Gasteiger charge is 1.99. The zero-order valence-corrected chi connectivity index (χ0v) is 11.3. The molecule has 1 N–H and O–H groups in total. The molecule has 0 fully saturated rings. The van der Waals surface area contributed by atoms with E-state index in [1.807, 2.05) is 39.0 Å². The van der Waals surface area contributed by atoms with Gasteiger partial charge in [-0.2, -0.15) is 0 Å². The van der Waals surface area contributed by atoms with Crippen LogP contribution in [0.3, 0.4) is 0 Å². The summed E-state index contributed by atoms with van der Waals surface area (Å²) in [4.78, 5) is 11.4. The average molecular weight is 282 g/mol. The van der Waals surface area contributed by atoms with Gasteiger partial charge in [-0.05, 0) is 44.0 Å². The lowest BCUT2D eigenvalue weighted by molar-refractivity contribution is -0.116. The molecule has 0 saturated carbocycles. The number of aryl methyl sites for hydroxylation is 1. The zero-order valence-electron chi connectivity index (χ0n) is 9.75. The first-order chi connectivity index (χ1) is 7.49. The summed E-state index contributed by atoms with van der Waals surface area (Å²) >= 11 is 3.47. The summed E-state index contributed by atoms with van der Waals surface area (Å²) in [6.07, 6.45) is 3.36. The highest BCUT2D eigenvalue weighted by Crippen LogP contribution is 2.19. The molecular formula is C13H16BrNO. The molecule has 1 aromatic carbocycles. The van der Waals surface area contributed by atoms with Crippen molar-refractivity contribution in [2.24, 2.45) is 0 Å². The minimum absolute atomic E-state index is 0.0672. The number of carbonyl (C=O) groups excluding carboxylic acids is 1.